The van der Waals surface area contributed by atoms with Crippen LogP contribution in [0.15, 0.2) is 42.5 Å². The van der Waals surface area contributed by atoms with Crippen molar-refractivity contribution >= 4 is 0 Å². The lowest BCUT2D eigenvalue weighted by Gasteiger charge is -2.30. The highest BCUT2D eigenvalue weighted by molar-refractivity contribution is 5.41. The fourth-order valence-electron chi connectivity index (χ4n) is 2.61. The van der Waals surface area contributed by atoms with Crippen LogP contribution in [0.5, 0.6) is 11.5 Å². The molecule has 3 heteroatoms. The second kappa shape index (κ2) is 5.17. The Kier molecular flexibility index (Phi) is 3.36. The minimum absolute atomic E-state index is 0.143. The molecule has 2 atom stereocenters. The molecule has 0 radical (unpaired) electrons. The maximum absolute atomic E-state index is 10.3. The molecular weight excluding hydrogens is 252 g/mol. The zero-order valence-corrected chi connectivity index (χ0v) is 11.7. The molecule has 0 saturated heterocycles. The first-order valence-corrected chi connectivity index (χ1v) is 6.76. The van der Waals surface area contributed by atoms with E-state index in [4.69, 9.17) is 9.47 Å². The molecule has 104 valence electrons. The quantitative estimate of drug-likeness (QED) is 0.906. The molecule has 1 unspecified atom stereocenters. The summed E-state index contributed by atoms with van der Waals surface area (Å²) in [6.07, 6.45) is -0.0750. The van der Waals surface area contributed by atoms with Gasteiger partial charge in [-0.15, -0.1) is 0 Å². The van der Waals surface area contributed by atoms with Crippen molar-refractivity contribution in [2.24, 2.45) is 0 Å². The van der Waals surface area contributed by atoms with E-state index in [1.165, 1.54) is 0 Å². The SMILES string of the molecule is COc1cccc(C2C[C@H](O)c3cc(C)ccc3O2)c1. The Morgan fingerprint density at radius 1 is 1.20 bits per heavy atom. The second-order valence-electron chi connectivity index (χ2n) is 5.18. The molecule has 1 aliphatic rings. The van der Waals surface area contributed by atoms with Gasteiger partial charge in [-0.25, -0.2) is 0 Å². The fraction of sp³-hybridized carbons (Fsp3) is 0.294. The number of aliphatic hydroxyl groups excluding tert-OH is 1. The first kappa shape index (κ1) is 13.0. The average molecular weight is 270 g/mol. The Bertz CT molecular complexity index is 621. The van der Waals surface area contributed by atoms with E-state index in [9.17, 15) is 5.11 Å². The van der Waals surface area contributed by atoms with Gasteiger partial charge in [-0.3, -0.25) is 0 Å². The summed E-state index contributed by atoms with van der Waals surface area (Å²) < 4.78 is 11.3. The van der Waals surface area contributed by atoms with Crippen molar-refractivity contribution in [2.45, 2.75) is 25.6 Å². The summed E-state index contributed by atoms with van der Waals surface area (Å²) in [4.78, 5) is 0. The summed E-state index contributed by atoms with van der Waals surface area (Å²) >= 11 is 0. The number of aliphatic hydroxyl groups is 1. The maximum Gasteiger partial charge on any atom is 0.127 e. The van der Waals surface area contributed by atoms with Gasteiger partial charge in [-0.2, -0.15) is 0 Å². The summed E-state index contributed by atoms with van der Waals surface area (Å²) in [5.41, 5.74) is 3.03. The first-order valence-electron chi connectivity index (χ1n) is 6.76. The zero-order chi connectivity index (χ0) is 14.1. The smallest absolute Gasteiger partial charge is 0.127 e. The molecule has 2 aromatic rings. The lowest BCUT2D eigenvalue weighted by molar-refractivity contribution is 0.0656. The number of hydrogen-bond donors (Lipinski definition) is 1. The Labute approximate surface area is 118 Å². The highest BCUT2D eigenvalue weighted by atomic mass is 16.5. The topological polar surface area (TPSA) is 38.7 Å². The van der Waals surface area contributed by atoms with Crippen LogP contribution in [-0.4, -0.2) is 12.2 Å². The monoisotopic (exact) mass is 270 g/mol. The molecule has 1 heterocycles. The highest BCUT2D eigenvalue weighted by Gasteiger charge is 2.28. The fourth-order valence-corrected chi connectivity index (χ4v) is 2.61. The summed E-state index contributed by atoms with van der Waals surface area (Å²) in [6, 6.07) is 13.7. The Morgan fingerprint density at radius 3 is 2.85 bits per heavy atom. The van der Waals surface area contributed by atoms with E-state index < -0.39 is 6.10 Å². The van der Waals surface area contributed by atoms with E-state index in [-0.39, 0.29) is 6.10 Å². The van der Waals surface area contributed by atoms with Gasteiger partial charge in [0.1, 0.15) is 17.6 Å². The molecule has 0 bridgehead atoms. The standard InChI is InChI=1S/C17H18O3/c1-11-6-7-16-14(8-11)15(18)10-17(20-16)12-4-3-5-13(9-12)19-2/h3-9,15,17-18H,10H2,1-2H3/t15-,17?/m0/s1. The zero-order valence-electron chi connectivity index (χ0n) is 11.7. The Hall–Kier alpha value is -2.00. The maximum atomic E-state index is 10.3. The van der Waals surface area contributed by atoms with Gasteiger partial charge in [0.25, 0.3) is 0 Å². The number of rotatable bonds is 2. The number of fused-ring (bicyclic) bond motifs is 1. The Morgan fingerprint density at radius 2 is 2.05 bits per heavy atom. The lowest BCUT2D eigenvalue weighted by Crippen LogP contribution is -2.19. The van der Waals surface area contributed by atoms with Crippen LogP contribution in [0.25, 0.3) is 0 Å². The van der Waals surface area contributed by atoms with Gasteiger partial charge in [0, 0.05) is 12.0 Å². The van der Waals surface area contributed by atoms with Crippen LogP contribution in [0.2, 0.25) is 0 Å². The molecule has 1 N–H and O–H groups in total. The van der Waals surface area contributed by atoms with Crippen LogP contribution in [0, 0.1) is 6.92 Å². The summed E-state index contributed by atoms with van der Waals surface area (Å²) in [5.74, 6) is 1.57. The minimum Gasteiger partial charge on any atom is -0.497 e. The summed E-state index contributed by atoms with van der Waals surface area (Å²) in [6.45, 7) is 2.02. The van der Waals surface area contributed by atoms with Crippen LogP contribution < -0.4 is 9.47 Å². The van der Waals surface area contributed by atoms with Crippen LogP contribution in [0.1, 0.15) is 35.3 Å². The number of methoxy groups -OCH3 is 1. The van der Waals surface area contributed by atoms with Gasteiger partial charge in [-0.1, -0.05) is 23.8 Å². The molecule has 0 spiro atoms. The predicted octanol–water partition coefficient (Wildman–Crippen LogP) is 3.56. The average Bonchev–Trinajstić information content (AvgIpc) is 2.48. The van der Waals surface area contributed by atoms with Crippen LogP contribution in [0.3, 0.4) is 0 Å². The Balaban J connectivity index is 1.92. The van der Waals surface area contributed by atoms with Crippen molar-refractivity contribution in [1.29, 1.82) is 0 Å². The van der Waals surface area contributed by atoms with Crippen molar-refractivity contribution in [2.75, 3.05) is 7.11 Å². The van der Waals surface area contributed by atoms with Gasteiger partial charge in [0.15, 0.2) is 0 Å². The van der Waals surface area contributed by atoms with Crippen molar-refractivity contribution in [3.63, 3.8) is 0 Å². The molecule has 3 nitrogen and oxygen atoms in total. The van der Waals surface area contributed by atoms with E-state index in [1.807, 2.05) is 49.4 Å². The second-order valence-corrected chi connectivity index (χ2v) is 5.18. The number of hydrogen-bond acceptors (Lipinski definition) is 3. The van der Waals surface area contributed by atoms with E-state index in [0.717, 1.165) is 28.2 Å². The molecule has 0 aliphatic carbocycles. The van der Waals surface area contributed by atoms with E-state index in [1.54, 1.807) is 7.11 Å². The molecule has 0 fully saturated rings. The highest BCUT2D eigenvalue weighted by Crippen LogP contribution is 2.41. The molecule has 2 aromatic carbocycles. The van der Waals surface area contributed by atoms with Gasteiger partial charge < -0.3 is 14.6 Å². The number of ether oxygens (including phenoxy) is 2. The van der Waals surface area contributed by atoms with Crippen molar-refractivity contribution in [3.8, 4) is 11.5 Å². The van der Waals surface area contributed by atoms with Crippen molar-refractivity contribution in [3.05, 3.63) is 59.2 Å². The predicted molar refractivity (Wildman–Crippen MR) is 77.1 cm³/mol. The van der Waals surface area contributed by atoms with Crippen LogP contribution in [-0.2, 0) is 0 Å². The van der Waals surface area contributed by atoms with Crippen LogP contribution in [0.4, 0.5) is 0 Å². The van der Waals surface area contributed by atoms with E-state index in [2.05, 4.69) is 0 Å². The lowest BCUT2D eigenvalue weighted by atomic mass is 9.94. The minimum atomic E-state index is -0.491. The third-order valence-electron chi connectivity index (χ3n) is 3.70. The van der Waals surface area contributed by atoms with E-state index >= 15 is 0 Å². The van der Waals surface area contributed by atoms with Crippen molar-refractivity contribution < 1.29 is 14.6 Å². The molecule has 3 rings (SSSR count). The molecule has 0 aromatic heterocycles. The molecule has 1 aliphatic heterocycles. The van der Waals surface area contributed by atoms with Gasteiger partial charge in [-0.05, 0) is 36.8 Å². The molecule has 0 amide bonds. The number of benzene rings is 2. The third kappa shape index (κ3) is 2.37. The third-order valence-corrected chi connectivity index (χ3v) is 3.70. The largest absolute Gasteiger partial charge is 0.497 e. The first-order chi connectivity index (χ1) is 9.67. The number of aryl methyl sites for hydroxylation is 1. The van der Waals surface area contributed by atoms with Gasteiger partial charge in [0.05, 0.1) is 13.2 Å². The van der Waals surface area contributed by atoms with Gasteiger partial charge in [0.2, 0.25) is 0 Å². The summed E-state index contributed by atoms with van der Waals surface area (Å²) in [5, 5.41) is 10.3. The van der Waals surface area contributed by atoms with E-state index in [0.29, 0.717) is 6.42 Å². The molecular formula is C17H18O3. The van der Waals surface area contributed by atoms with Gasteiger partial charge >= 0.3 is 0 Å². The molecule has 0 saturated carbocycles. The van der Waals surface area contributed by atoms with Crippen molar-refractivity contribution in [1.82, 2.24) is 0 Å². The summed E-state index contributed by atoms with van der Waals surface area (Å²) in [7, 11) is 1.65. The normalized spacial score (nSPS) is 20.9. The molecule has 20 heavy (non-hydrogen) atoms. The van der Waals surface area contributed by atoms with Crippen LogP contribution >= 0.6 is 0 Å².